The van der Waals surface area contributed by atoms with Crippen LogP contribution in [0.2, 0.25) is 0 Å². The lowest BCUT2D eigenvalue weighted by Crippen LogP contribution is -2.46. The summed E-state index contributed by atoms with van der Waals surface area (Å²) < 4.78 is 66.0. The summed E-state index contributed by atoms with van der Waals surface area (Å²) in [6.45, 7) is 17.5. The van der Waals surface area contributed by atoms with E-state index in [1.54, 1.807) is 10.9 Å². The minimum absolute atomic E-state index is 0.00860. The molecule has 8 N–H and O–H groups in total. The highest BCUT2D eigenvalue weighted by Crippen LogP contribution is 2.28. The number of nitrogens with two attached hydrogens (primary N) is 2. The van der Waals surface area contributed by atoms with E-state index in [1.165, 1.54) is 5.56 Å². The van der Waals surface area contributed by atoms with Crippen molar-refractivity contribution in [2.75, 3.05) is 52.3 Å². The zero-order valence-electron chi connectivity index (χ0n) is 42.0. The molecule has 1 saturated heterocycles. The lowest BCUT2D eigenvalue weighted by Gasteiger charge is -2.31. The summed E-state index contributed by atoms with van der Waals surface area (Å²) in [5, 5.41) is 33.3. The van der Waals surface area contributed by atoms with E-state index in [-0.39, 0.29) is 23.1 Å². The first-order valence-electron chi connectivity index (χ1n) is 23.6. The van der Waals surface area contributed by atoms with Crippen molar-refractivity contribution >= 4 is 18.0 Å². The first-order valence-corrected chi connectivity index (χ1v) is 23.6. The number of amides is 1. The van der Waals surface area contributed by atoms with Gasteiger partial charge in [-0.15, -0.1) is 5.10 Å². The number of aldehydes is 1. The number of hydrogen-bond acceptors (Lipinski definition) is 16. The SMILES string of the molecule is CC.CNC(C)(C)OCCC(C)(C)OCCNC(=O)CCCOc1ccc(Oc2ccc(CCN)cc2C)cc1.Nc1cncc(C(F)(F)F)n1.O=CCCCc1cn(CC2OCCC(O)C2O)nn1. The summed E-state index contributed by atoms with van der Waals surface area (Å²) >= 11 is 0. The van der Waals surface area contributed by atoms with Gasteiger partial charge in [-0.3, -0.25) is 15.1 Å². The van der Waals surface area contributed by atoms with E-state index in [4.69, 9.17) is 35.2 Å². The molecule has 5 rings (SSSR count). The normalized spacial score (nSPS) is 15.8. The molecule has 1 aliphatic rings. The second-order valence-corrected chi connectivity index (χ2v) is 17.1. The van der Waals surface area contributed by atoms with Gasteiger partial charge in [0.25, 0.3) is 0 Å². The highest BCUT2D eigenvalue weighted by Gasteiger charge is 2.33. The largest absolute Gasteiger partial charge is 0.494 e. The van der Waals surface area contributed by atoms with E-state index < -0.39 is 30.2 Å². The van der Waals surface area contributed by atoms with Gasteiger partial charge in [0.2, 0.25) is 5.91 Å². The Morgan fingerprint density at radius 2 is 1.70 bits per heavy atom. The number of nitrogens with one attached hydrogen (secondary N) is 2. The predicted octanol–water partition coefficient (Wildman–Crippen LogP) is 6.14. The number of aliphatic hydroxyl groups is 2. The summed E-state index contributed by atoms with van der Waals surface area (Å²) in [6, 6.07) is 13.6. The van der Waals surface area contributed by atoms with E-state index in [0.717, 1.165) is 60.3 Å². The second-order valence-electron chi connectivity index (χ2n) is 17.1. The lowest BCUT2D eigenvalue weighted by atomic mass is 10.0. The van der Waals surface area contributed by atoms with Crippen molar-refractivity contribution in [3.8, 4) is 17.2 Å². The molecule has 18 nitrogen and oxygen atoms in total. The van der Waals surface area contributed by atoms with Gasteiger partial charge in [-0.05, 0) is 128 Å². The van der Waals surface area contributed by atoms with Crippen LogP contribution in [0.3, 0.4) is 0 Å². The van der Waals surface area contributed by atoms with Crippen LogP contribution in [-0.4, -0.2) is 124 Å². The monoisotopic (exact) mass is 992 g/mol. The van der Waals surface area contributed by atoms with Gasteiger partial charge in [-0.1, -0.05) is 31.2 Å². The summed E-state index contributed by atoms with van der Waals surface area (Å²) in [7, 11) is 1.87. The second kappa shape index (κ2) is 31.8. The minimum Gasteiger partial charge on any atom is -0.494 e. The number of ether oxygens (including phenoxy) is 5. The predicted molar refractivity (Wildman–Crippen MR) is 260 cm³/mol. The van der Waals surface area contributed by atoms with E-state index in [2.05, 4.69) is 37.0 Å². The smallest absolute Gasteiger partial charge is 0.434 e. The molecule has 70 heavy (non-hydrogen) atoms. The molecule has 21 heteroatoms. The first kappa shape index (κ1) is 60.8. The zero-order valence-corrected chi connectivity index (χ0v) is 42.0. The molecule has 3 atom stereocenters. The van der Waals surface area contributed by atoms with Crippen molar-refractivity contribution < 1.29 is 56.7 Å². The van der Waals surface area contributed by atoms with Crippen molar-refractivity contribution in [1.82, 2.24) is 35.6 Å². The van der Waals surface area contributed by atoms with Crippen LogP contribution in [0.5, 0.6) is 17.2 Å². The molecule has 3 unspecified atom stereocenters. The fourth-order valence-corrected chi connectivity index (χ4v) is 6.23. The number of aromatic nitrogens is 5. The fourth-order valence-electron chi connectivity index (χ4n) is 6.23. The molecule has 1 fully saturated rings. The molecule has 1 aliphatic heterocycles. The number of anilines is 1. The maximum Gasteiger partial charge on any atom is 0.434 e. The van der Waals surface area contributed by atoms with Crippen LogP contribution in [0.25, 0.3) is 0 Å². The molecule has 0 spiro atoms. The highest BCUT2D eigenvalue weighted by molar-refractivity contribution is 5.75. The van der Waals surface area contributed by atoms with Gasteiger partial charge >= 0.3 is 6.18 Å². The Kier molecular flexibility index (Phi) is 27.7. The number of unbranched alkanes of at least 4 members (excludes halogenated alkanes) is 1. The van der Waals surface area contributed by atoms with Crippen molar-refractivity contribution in [2.45, 2.75) is 142 Å². The van der Waals surface area contributed by atoms with Crippen LogP contribution in [0.4, 0.5) is 19.0 Å². The number of benzene rings is 2. The van der Waals surface area contributed by atoms with Crippen LogP contribution in [0, 0.1) is 6.92 Å². The Morgan fingerprint density at radius 1 is 0.986 bits per heavy atom. The third kappa shape index (κ3) is 24.5. The summed E-state index contributed by atoms with van der Waals surface area (Å²) in [5.74, 6) is 2.06. The number of nitrogen functional groups attached to an aromatic ring is 1. The van der Waals surface area contributed by atoms with Crippen molar-refractivity contribution in [1.29, 1.82) is 0 Å². The molecule has 0 bridgehead atoms. The molecule has 2 aromatic heterocycles. The molecular weight excluding hydrogens is 916 g/mol. The van der Waals surface area contributed by atoms with Crippen LogP contribution in [0.1, 0.15) is 103 Å². The number of nitrogens with zero attached hydrogens (tertiary/aromatic N) is 5. The van der Waals surface area contributed by atoms with Crippen molar-refractivity contribution in [3.63, 3.8) is 0 Å². The van der Waals surface area contributed by atoms with E-state index >= 15 is 0 Å². The van der Waals surface area contributed by atoms with Gasteiger partial charge in [0, 0.05) is 32.2 Å². The number of carbonyl (C=O) groups excluding carboxylic acids is 2. The fraction of sp³-hybridized carbons (Fsp3) is 0.592. The number of carbonyl (C=O) groups is 2. The van der Waals surface area contributed by atoms with Crippen molar-refractivity contribution in [2.24, 2.45) is 5.73 Å². The van der Waals surface area contributed by atoms with Crippen LogP contribution < -0.4 is 31.6 Å². The molecule has 3 heterocycles. The molecule has 392 valence electrons. The van der Waals surface area contributed by atoms with Gasteiger partial charge in [0.05, 0.1) is 56.2 Å². The standard InChI is InChI=1S/C30H47N3O5.C12H19N3O4.C5H4F3N3.C2H6/c1-23-22-24(15-17-31)9-14-27(23)38-26-12-10-25(11-13-26)35-19-7-8-28(34)33-18-21-36-29(2,3)16-20-37-30(4,5)32-6;16-5-2-1-3-9-7-15(14-13-9)8-11-12(18)10(17)4-6-19-11;6-5(7,8)3-1-10-2-4(9)11-3;1-2/h9-14,22,32H,7-8,15-21,31H2,1-6H3,(H,33,34);5,7,10-12,17-18H,1-4,6,8H2;1-2H,(H2,9,11);1-2H3. The van der Waals surface area contributed by atoms with Gasteiger partial charge in [0.1, 0.15) is 47.3 Å². The number of aliphatic hydroxyl groups excluding tert-OH is 2. The van der Waals surface area contributed by atoms with Crippen LogP contribution >= 0.6 is 0 Å². The van der Waals surface area contributed by atoms with E-state index in [1.807, 2.05) is 91.9 Å². The average molecular weight is 992 g/mol. The number of aryl methyl sites for hydroxylation is 2. The van der Waals surface area contributed by atoms with Crippen molar-refractivity contribution in [3.05, 3.63) is 83.6 Å². The summed E-state index contributed by atoms with van der Waals surface area (Å²) in [5.41, 5.74) is 12.0. The maximum absolute atomic E-state index is 12.1. The van der Waals surface area contributed by atoms with Crippen LogP contribution in [-0.2, 0) is 49.4 Å². The minimum atomic E-state index is -4.47. The third-order valence-electron chi connectivity index (χ3n) is 10.4. The Bertz CT molecular complexity index is 2080. The molecule has 1 amide bonds. The molecule has 2 aromatic carbocycles. The Morgan fingerprint density at radius 3 is 2.33 bits per heavy atom. The van der Waals surface area contributed by atoms with Crippen LogP contribution in [0.15, 0.2) is 61.1 Å². The number of alkyl halides is 3. The summed E-state index contributed by atoms with van der Waals surface area (Å²) in [6.07, 6.45) is 2.84. The topological polar surface area (TPSA) is 253 Å². The Balaban J connectivity index is 0.000000429. The molecule has 4 aromatic rings. The Labute approximate surface area is 410 Å². The third-order valence-corrected chi connectivity index (χ3v) is 10.4. The summed E-state index contributed by atoms with van der Waals surface area (Å²) in [4.78, 5) is 28.6. The molecular formula is C49H76F3N9O9. The molecule has 0 aliphatic carbocycles. The van der Waals surface area contributed by atoms with Gasteiger partial charge in [0.15, 0.2) is 5.69 Å². The van der Waals surface area contributed by atoms with E-state index in [0.29, 0.717) is 84.4 Å². The van der Waals surface area contributed by atoms with Gasteiger partial charge in [-0.25, -0.2) is 9.67 Å². The highest BCUT2D eigenvalue weighted by atomic mass is 19.4. The Hall–Kier alpha value is -5.29. The average Bonchev–Trinajstić information content (AvgIpc) is 3.77. The molecule has 0 saturated carbocycles. The van der Waals surface area contributed by atoms with Gasteiger partial charge < -0.3 is 55.5 Å². The number of halogens is 3. The quantitative estimate of drug-likeness (QED) is 0.0262. The number of rotatable bonds is 24. The molecule has 0 radical (unpaired) electrons. The first-order chi connectivity index (χ1) is 33.2. The maximum atomic E-state index is 12.1. The number of hydrogen-bond donors (Lipinski definition) is 6. The lowest BCUT2D eigenvalue weighted by molar-refractivity contribution is -0.141. The zero-order chi connectivity index (χ0) is 52.2. The van der Waals surface area contributed by atoms with E-state index in [9.17, 15) is 33.0 Å². The van der Waals surface area contributed by atoms with Gasteiger partial charge in [-0.2, -0.15) is 13.2 Å².